The number of nitrogens with zero attached hydrogens (tertiary/aromatic N) is 3. The number of hydrogen-bond donors (Lipinski definition) is 3. The Kier molecular flexibility index (Phi) is 8.02. The second-order valence-corrected chi connectivity index (χ2v) is 8.23. The Bertz CT molecular complexity index is 1320. The standard InChI is InChI=1S/C27H27N5O4/c1-2-3-7-21-23(27(34)35)10-6-11-24(21)36-17-25(33)28-16-18-12-14-19(15-13-18)20-8-4-5-9-22(20)26-29-31-32-30-26/h4-6,8-15H,2-3,7,16-17H2,1H3,(H,28,33)(H,34,35)(H,29,30,31,32). The van der Waals surface area contributed by atoms with Gasteiger partial charge in [-0.05, 0) is 46.9 Å². The van der Waals surface area contributed by atoms with Crippen molar-refractivity contribution >= 4 is 11.9 Å². The lowest BCUT2D eigenvalue weighted by atomic mass is 9.98. The molecular weight excluding hydrogens is 458 g/mol. The minimum absolute atomic E-state index is 0.196. The molecule has 4 rings (SSSR count). The second-order valence-electron chi connectivity index (χ2n) is 8.23. The van der Waals surface area contributed by atoms with Crippen molar-refractivity contribution in [1.82, 2.24) is 25.9 Å². The summed E-state index contributed by atoms with van der Waals surface area (Å²) in [6, 6.07) is 20.6. The molecular formula is C27H27N5O4. The molecule has 0 atom stereocenters. The van der Waals surface area contributed by atoms with Gasteiger partial charge in [-0.2, -0.15) is 5.21 Å². The van der Waals surface area contributed by atoms with Gasteiger partial charge in [-0.25, -0.2) is 4.79 Å². The maximum atomic E-state index is 12.4. The van der Waals surface area contributed by atoms with E-state index in [0.29, 0.717) is 30.1 Å². The molecule has 0 aliphatic carbocycles. The normalized spacial score (nSPS) is 10.7. The van der Waals surface area contributed by atoms with Gasteiger partial charge < -0.3 is 15.2 Å². The van der Waals surface area contributed by atoms with Crippen molar-refractivity contribution < 1.29 is 19.4 Å². The average Bonchev–Trinajstić information content (AvgIpc) is 3.45. The summed E-state index contributed by atoms with van der Waals surface area (Å²) in [7, 11) is 0. The Morgan fingerprint density at radius 1 is 1.00 bits per heavy atom. The fraction of sp³-hybridized carbons (Fsp3) is 0.222. The van der Waals surface area contributed by atoms with Crippen LogP contribution in [0.2, 0.25) is 0 Å². The summed E-state index contributed by atoms with van der Waals surface area (Å²) >= 11 is 0. The molecule has 9 nitrogen and oxygen atoms in total. The smallest absolute Gasteiger partial charge is 0.336 e. The van der Waals surface area contributed by atoms with Crippen LogP contribution in [0.3, 0.4) is 0 Å². The fourth-order valence-electron chi connectivity index (χ4n) is 3.92. The van der Waals surface area contributed by atoms with Crippen LogP contribution in [0.25, 0.3) is 22.5 Å². The molecule has 4 aromatic rings. The number of hydrogen-bond acceptors (Lipinski definition) is 6. The quantitative estimate of drug-likeness (QED) is 0.289. The molecule has 9 heteroatoms. The van der Waals surface area contributed by atoms with Crippen molar-refractivity contribution in [2.24, 2.45) is 0 Å². The van der Waals surface area contributed by atoms with Gasteiger partial charge in [-0.15, -0.1) is 10.2 Å². The lowest BCUT2D eigenvalue weighted by molar-refractivity contribution is -0.123. The third-order valence-corrected chi connectivity index (χ3v) is 5.77. The Labute approximate surface area is 208 Å². The number of carboxylic acids is 1. The van der Waals surface area contributed by atoms with Crippen molar-refractivity contribution in [2.45, 2.75) is 32.7 Å². The van der Waals surface area contributed by atoms with Crippen LogP contribution in [-0.4, -0.2) is 44.2 Å². The van der Waals surface area contributed by atoms with Gasteiger partial charge in [0.1, 0.15) is 5.75 Å². The first-order valence-corrected chi connectivity index (χ1v) is 11.7. The van der Waals surface area contributed by atoms with Gasteiger partial charge >= 0.3 is 5.97 Å². The fourth-order valence-corrected chi connectivity index (χ4v) is 3.92. The molecule has 3 N–H and O–H groups in total. The molecule has 184 valence electrons. The van der Waals surface area contributed by atoms with Crippen molar-refractivity contribution in [1.29, 1.82) is 0 Å². The Hall–Kier alpha value is -4.53. The second kappa shape index (κ2) is 11.7. The van der Waals surface area contributed by atoms with E-state index in [9.17, 15) is 14.7 Å². The molecule has 0 aliphatic heterocycles. The summed E-state index contributed by atoms with van der Waals surface area (Å²) in [5.74, 6) is -0.333. The molecule has 0 aliphatic rings. The number of aromatic amines is 1. The first kappa shape index (κ1) is 24.6. The van der Waals surface area contributed by atoms with Crippen LogP contribution in [-0.2, 0) is 17.8 Å². The maximum Gasteiger partial charge on any atom is 0.336 e. The predicted molar refractivity (Wildman–Crippen MR) is 134 cm³/mol. The van der Waals surface area contributed by atoms with E-state index >= 15 is 0 Å². The van der Waals surface area contributed by atoms with Gasteiger partial charge in [0.15, 0.2) is 6.61 Å². The highest BCUT2D eigenvalue weighted by atomic mass is 16.5. The third kappa shape index (κ3) is 5.93. The first-order valence-electron chi connectivity index (χ1n) is 11.7. The number of carbonyl (C=O) groups excluding carboxylic acids is 1. The van der Waals surface area contributed by atoms with Gasteiger partial charge in [0.05, 0.1) is 5.56 Å². The van der Waals surface area contributed by atoms with Crippen LogP contribution < -0.4 is 10.1 Å². The maximum absolute atomic E-state index is 12.4. The lowest BCUT2D eigenvalue weighted by Crippen LogP contribution is -2.28. The lowest BCUT2D eigenvalue weighted by Gasteiger charge is -2.14. The molecule has 0 saturated carbocycles. The van der Waals surface area contributed by atoms with E-state index in [0.717, 1.165) is 35.1 Å². The molecule has 0 unspecified atom stereocenters. The van der Waals surface area contributed by atoms with Crippen LogP contribution in [0.15, 0.2) is 66.7 Å². The van der Waals surface area contributed by atoms with Crippen molar-refractivity contribution in [3.8, 4) is 28.3 Å². The van der Waals surface area contributed by atoms with Crippen molar-refractivity contribution in [2.75, 3.05) is 6.61 Å². The van der Waals surface area contributed by atoms with E-state index in [-0.39, 0.29) is 18.1 Å². The van der Waals surface area contributed by atoms with Gasteiger partial charge in [0.25, 0.3) is 5.91 Å². The van der Waals surface area contributed by atoms with E-state index < -0.39 is 5.97 Å². The highest BCUT2D eigenvalue weighted by Gasteiger charge is 2.16. The summed E-state index contributed by atoms with van der Waals surface area (Å²) in [6.45, 7) is 2.18. The molecule has 1 amide bonds. The molecule has 0 bridgehead atoms. The summed E-state index contributed by atoms with van der Waals surface area (Å²) in [5, 5.41) is 26.6. The molecule has 1 aromatic heterocycles. The number of aromatic carboxylic acids is 1. The minimum Gasteiger partial charge on any atom is -0.483 e. The topological polar surface area (TPSA) is 130 Å². The van der Waals surface area contributed by atoms with Gasteiger partial charge in [-0.3, -0.25) is 4.79 Å². The number of ether oxygens (including phenoxy) is 1. The number of benzene rings is 3. The third-order valence-electron chi connectivity index (χ3n) is 5.77. The van der Waals surface area contributed by atoms with Gasteiger partial charge in [0, 0.05) is 17.7 Å². The number of tetrazole rings is 1. The first-order chi connectivity index (χ1) is 17.6. The van der Waals surface area contributed by atoms with Crippen LogP contribution in [0, 0.1) is 0 Å². The Morgan fingerprint density at radius 2 is 1.78 bits per heavy atom. The SMILES string of the molecule is CCCCc1c(OCC(=O)NCc2ccc(-c3ccccc3-c3nn[nH]n3)cc2)cccc1C(=O)O. The molecule has 0 radical (unpaired) electrons. The zero-order valence-corrected chi connectivity index (χ0v) is 19.9. The van der Waals surface area contributed by atoms with Gasteiger partial charge in [-0.1, -0.05) is 67.9 Å². The molecule has 3 aromatic carbocycles. The van der Waals surface area contributed by atoms with Crippen LogP contribution in [0.5, 0.6) is 5.75 Å². The summed E-state index contributed by atoms with van der Waals surface area (Å²) in [5.41, 5.74) is 4.60. The summed E-state index contributed by atoms with van der Waals surface area (Å²) in [4.78, 5) is 24.0. The zero-order valence-electron chi connectivity index (χ0n) is 19.9. The van der Waals surface area contributed by atoms with Crippen LogP contribution in [0.1, 0.15) is 41.3 Å². The number of amides is 1. The number of rotatable bonds is 11. The largest absolute Gasteiger partial charge is 0.483 e. The monoisotopic (exact) mass is 485 g/mol. The highest BCUT2D eigenvalue weighted by Crippen LogP contribution is 2.29. The molecule has 36 heavy (non-hydrogen) atoms. The molecule has 0 saturated heterocycles. The zero-order chi connectivity index (χ0) is 25.3. The minimum atomic E-state index is -1.00. The molecule has 0 spiro atoms. The predicted octanol–water partition coefficient (Wildman–Crippen LogP) is 4.27. The summed E-state index contributed by atoms with van der Waals surface area (Å²) < 4.78 is 5.71. The number of carbonyl (C=O) groups is 2. The molecule has 0 fully saturated rings. The van der Waals surface area contributed by atoms with Crippen molar-refractivity contribution in [3.63, 3.8) is 0 Å². The highest BCUT2D eigenvalue weighted by molar-refractivity contribution is 5.90. The van der Waals surface area contributed by atoms with E-state index in [4.69, 9.17) is 4.74 Å². The summed E-state index contributed by atoms with van der Waals surface area (Å²) in [6.07, 6.45) is 2.34. The van der Waals surface area contributed by atoms with E-state index in [1.165, 1.54) is 0 Å². The Balaban J connectivity index is 1.36. The number of unbranched alkanes of at least 4 members (excludes halogenated alkanes) is 1. The van der Waals surface area contributed by atoms with Crippen LogP contribution in [0.4, 0.5) is 0 Å². The van der Waals surface area contributed by atoms with Gasteiger partial charge in [0.2, 0.25) is 5.82 Å². The van der Waals surface area contributed by atoms with E-state index in [1.807, 2.05) is 55.5 Å². The number of H-pyrrole nitrogens is 1. The molecule has 1 heterocycles. The van der Waals surface area contributed by atoms with E-state index in [1.54, 1.807) is 18.2 Å². The van der Waals surface area contributed by atoms with Crippen LogP contribution >= 0.6 is 0 Å². The van der Waals surface area contributed by atoms with E-state index in [2.05, 4.69) is 25.9 Å². The Morgan fingerprint density at radius 3 is 2.47 bits per heavy atom. The number of carboxylic acid groups (broad SMARTS) is 1. The van der Waals surface area contributed by atoms with Crippen molar-refractivity contribution in [3.05, 3.63) is 83.4 Å². The number of aromatic nitrogens is 4. The average molecular weight is 486 g/mol. The number of nitrogens with one attached hydrogen (secondary N) is 2.